The lowest BCUT2D eigenvalue weighted by molar-refractivity contribution is -0.129. The molecular formula is C22H15ClO3. The largest absolute Gasteiger partial charge is 0.488 e. The summed E-state index contributed by atoms with van der Waals surface area (Å²) >= 11 is 5.93. The van der Waals surface area contributed by atoms with Crippen LogP contribution in [0.15, 0.2) is 78.6 Å². The third kappa shape index (κ3) is 4.44. The van der Waals surface area contributed by atoms with E-state index in [0.29, 0.717) is 10.8 Å². The van der Waals surface area contributed by atoms with Crippen molar-refractivity contribution in [1.82, 2.24) is 0 Å². The molecule has 0 saturated heterocycles. The van der Waals surface area contributed by atoms with Crippen molar-refractivity contribution < 1.29 is 14.3 Å². The average molecular weight is 363 g/mol. The predicted molar refractivity (Wildman–Crippen MR) is 103 cm³/mol. The predicted octanol–water partition coefficient (Wildman–Crippen LogP) is 4.98. The third-order valence-electron chi connectivity index (χ3n) is 3.58. The second-order valence-corrected chi connectivity index (χ2v) is 5.81. The number of allylic oxidation sites excluding steroid dienone is 1. The van der Waals surface area contributed by atoms with E-state index in [0.717, 1.165) is 16.3 Å². The smallest absolute Gasteiger partial charge is 0.340 e. The molecular weight excluding hydrogens is 348 g/mol. The van der Waals surface area contributed by atoms with Gasteiger partial charge in [0.15, 0.2) is 5.76 Å². The molecule has 0 radical (unpaired) electrons. The lowest BCUT2D eigenvalue weighted by atomic mass is 10.1. The van der Waals surface area contributed by atoms with Crippen LogP contribution >= 0.6 is 11.6 Å². The first-order chi connectivity index (χ1) is 12.7. The summed E-state index contributed by atoms with van der Waals surface area (Å²) in [5.41, 5.74) is 0.725. The van der Waals surface area contributed by atoms with Crippen LogP contribution in [-0.4, -0.2) is 13.1 Å². The van der Waals surface area contributed by atoms with Crippen LogP contribution < -0.4 is 4.74 Å². The first-order valence-electron chi connectivity index (χ1n) is 7.88. The molecule has 3 aromatic carbocycles. The minimum atomic E-state index is -0.557. The van der Waals surface area contributed by atoms with Crippen LogP contribution in [0.25, 0.3) is 10.8 Å². The van der Waals surface area contributed by atoms with Gasteiger partial charge in [0.05, 0.1) is 13.2 Å². The summed E-state index contributed by atoms with van der Waals surface area (Å²) in [6.07, 6.45) is 1.22. The third-order valence-corrected chi connectivity index (χ3v) is 3.82. The van der Waals surface area contributed by atoms with Gasteiger partial charge in [-0.2, -0.15) is 0 Å². The minimum Gasteiger partial charge on any atom is -0.488 e. The highest BCUT2D eigenvalue weighted by Crippen LogP contribution is 2.25. The maximum Gasteiger partial charge on any atom is 0.340 e. The molecule has 0 spiro atoms. The fraction of sp³-hybridized carbons (Fsp3) is 0.0455. The standard InChI is InChI=1S/C22H15ClO3/c1-25-19(13-12-16-6-4-9-18(23)14-16)15-22(24)26-21-11-5-8-17-7-2-3-10-20(17)21/h2-11,14-15H,1H3/b19-15-. The molecule has 0 N–H and O–H groups in total. The number of hydrogen-bond acceptors (Lipinski definition) is 3. The van der Waals surface area contributed by atoms with E-state index in [1.54, 1.807) is 24.3 Å². The molecule has 3 nitrogen and oxygen atoms in total. The van der Waals surface area contributed by atoms with E-state index in [9.17, 15) is 4.79 Å². The van der Waals surface area contributed by atoms with Crippen molar-refractivity contribution in [1.29, 1.82) is 0 Å². The first kappa shape index (κ1) is 17.6. The van der Waals surface area contributed by atoms with Crippen LogP contribution in [0.5, 0.6) is 5.75 Å². The second kappa shape index (κ2) is 8.24. The molecule has 0 bridgehead atoms. The summed E-state index contributed by atoms with van der Waals surface area (Å²) in [6.45, 7) is 0. The summed E-state index contributed by atoms with van der Waals surface area (Å²) in [5.74, 6) is 5.83. The average Bonchev–Trinajstić information content (AvgIpc) is 2.65. The van der Waals surface area contributed by atoms with E-state index in [1.165, 1.54) is 13.2 Å². The SMILES string of the molecule is CO/C(C#Cc1cccc(Cl)c1)=C\C(=O)Oc1cccc2ccccc12. The van der Waals surface area contributed by atoms with E-state index in [2.05, 4.69) is 11.8 Å². The fourth-order valence-electron chi connectivity index (χ4n) is 2.38. The Hall–Kier alpha value is -3.22. The van der Waals surface area contributed by atoms with Gasteiger partial charge in [-0.05, 0) is 35.6 Å². The topological polar surface area (TPSA) is 35.5 Å². The monoisotopic (exact) mass is 362 g/mol. The Labute approximate surface area is 156 Å². The Morgan fingerprint density at radius 3 is 2.62 bits per heavy atom. The molecule has 3 rings (SSSR count). The van der Waals surface area contributed by atoms with Gasteiger partial charge in [0.2, 0.25) is 0 Å². The number of esters is 1. The lowest BCUT2D eigenvalue weighted by Gasteiger charge is -2.06. The number of halogens is 1. The summed E-state index contributed by atoms with van der Waals surface area (Å²) in [4.78, 5) is 12.2. The Bertz CT molecular complexity index is 1040. The molecule has 0 aliphatic rings. The van der Waals surface area contributed by atoms with Gasteiger partial charge in [0.25, 0.3) is 0 Å². The molecule has 128 valence electrons. The summed E-state index contributed by atoms with van der Waals surface area (Å²) < 4.78 is 10.6. The summed E-state index contributed by atoms with van der Waals surface area (Å²) in [7, 11) is 1.45. The molecule has 0 aromatic heterocycles. The molecule has 3 aromatic rings. The first-order valence-corrected chi connectivity index (χ1v) is 8.26. The van der Waals surface area contributed by atoms with Crippen LogP contribution in [0.2, 0.25) is 5.02 Å². The number of fused-ring (bicyclic) bond motifs is 1. The zero-order valence-corrected chi connectivity index (χ0v) is 14.8. The van der Waals surface area contributed by atoms with Crippen molar-refractivity contribution in [2.75, 3.05) is 7.11 Å². The zero-order chi connectivity index (χ0) is 18.4. The maximum absolute atomic E-state index is 12.2. The number of carbonyl (C=O) groups is 1. The van der Waals surface area contributed by atoms with Crippen LogP contribution in [-0.2, 0) is 9.53 Å². The maximum atomic E-state index is 12.2. The number of hydrogen-bond donors (Lipinski definition) is 0. The van der Waals surface area contributed by atoms with Crippen molar-refractivity contribution in [3.8, 4) is 17.6 Å². The second-order valence-electron chi connectivity index (χ2n) is 5.37. The van der Waals surface area contributed by atoms with E-state index in [4.69, 9.17) is 21.1 Å². The van der Waals surface area contributed by atoms with Crippen molar-refractivity contribution in [3.05, 3.63) is 89.2 Å². The molecule has 0 aliphatic carbocycles. The molecule has 0 heterocycles. The molecule has 0 fully saturated rings. The zero-order valence-electron chi connectivity index (χ0n) is 14.0. The Morgan fingerprint density at radius 1 is 1.04 bits per heavy atom. The van der Waals surface area contributed by atoms with E-state index >= 15 is 0 Å². The van der Waals surface area contributed by atoms with Gasteiger partial charge in [-0.25, -0.2) is 4.79 Å². The Morgan fingerprint density at radius 2 is 1.81 bits per heavy atom. The quantitative estimate of drug-likeness (QED) is 0.217. The molecule has 0 amide bonds. The van der Waals surface area contributed by atoms with E-state index < -0.39 is 5.97 Å². The molecule has 0 unspecified atom stereocenters. The van der Waals surface area contributed by atoms with Gasteiger partial charge in [0, 0.05) is 16.0 Å². The van der Waals surface area contributed by atoms with Crippen molar-refractivity contribution in [3.63, 3.8) is 0 Å². The van der Waals surface area contributed by atoms with Crippen LogP contribution in [0.3, 0.4) is 0 Å². The van der Waals surface area contributed by atoms with Crippen molar-refractivity contribution in [2.24, 2.45) is 0 Å². The molecule has 0 aliphatic heterocycles. The number of methoxy groups -OCH3 is 1. The molecule has 0 atom stereocenters. The number of carbonyl (C=O) groups excluding carboxylic acids is 1. The lowest BCUT2D eigenvalue weighted by Crippen LogP contribution is -2.06. The van der Waals surface area contributed by atoms with Crippen LogP contribution in [0.4, 0.5) is 0 Å². The van der Waals surface area contributed by atoms with Gasteiger partial charge in [-0.15, -0.1) is 0 Å². The summed E-state index contributed by atoms with van der Waals surface area (Å²) in [6, 6.07) is 20.4. The molecule has 26 heavy (non-hydrogen) atoms. The Balaban J connectivity index is 1.80. The normalized spacial score (nSPS) is 10.8. The molecule has 0 saturated carbocycles. The van der Waals surface area contributed by atoms with Crippen LogP contribution in [0, 0.1) is 11.8 Å². The van der Waals surface area contributed by atoms with Gasteiger partial charge in [-0.3, -0.25) is 0 Å². The summed E-state index contributed by atoms with van der Waals surface area (Å²) in [5, 5.41) is 2.45. The highest BCUT2D eigenvalue weighted by atomic mass is 35.5. The van der Waals surface area contributed by atoms with Crippen molar-refractivity contribution in [2.45, 2.75) is 0 Å². The number of ether oxygens (including phenoxy) is 2. The highest BCUT2D eigenvalue weighted by molar-refractivity contribution is 6.30. The van der Waals surface area contributed by atoms with E-state index in [1.807, 2.05) is 42.5 Å². The Kier molecular flexibility index (Phi) is 5.58. The van der Waals surface area contributed by atoms with Gasteiger partial charge in [0.1, 0.15) is 5.75 Å². The van der Waals surface area contributed by atoms with Crippen LogP contribution in [0.1, 0.15) is 5.56 Å². The van der Waals surface area contributed by atoms with Gasteiger partial charge in [-0.1, -0.05) is 60.0 Å². The van der Waals surface area contributed by atoms with Gasteiger partial charge < -0.3 is 9.47 Å². The van der Waals surface area contributed by atoms with Gasteiger partial charge >= 0.3 is 5.97 Å². The fourth-order valence-corrected chi connectivity index (χ4v) is 2.57. The molecule has 4 heteroatoms. The minimum absolute atomic E-state index is 0.204. The number of rotatable bonds is 3. The van der Waals surface area contributed by atoms with E-state index in [-0.39, 0.29) is 5.76 Å². The van der Waals surface area contributed by atoms with Crippen molar-refractivity contribution >= 4 is 28.3 Å². The highest BCUT2D eigenvalue weighted by Gasteiger charge is 2.07. The number of benzene rings is 3.